The fourth-order valence-corrected chi connectivity index (χ4v) is 1.69. The zero-order valence-corrected chi connectivity index (χ0v) is 9.90. The summed E-state index contributed by atoms with van der Waals surface area (Å²) < 4.78 is 0. The highest BCUT2D eigenvalue weighted by Gasteiger charge is 2.30. The lowest BCUT2D eigenvalue weighted by Gasteiger charge is -2.23. The monoisotopic (exact) mass is 228 g/mol. The summed E-state index contributed by atoms with van der Waals surface area (Å²) in [6.07, 6.45) is 3.08. The molecule has 2 N–H and O–H groups in total. The maximum Gasteiger partial charge on any atom is 0.323 e. The highest BCUT2D eigenvalue weighted by atomic mass is 16.4. The Balaban J connectivity index is 2.41. The first-order valence-electron chi connectivity index (χ1n) is 5.81. The van der Waals surface area contributed by atoms with Gasteiger partial charge in [-0.1, -0.05) is 6.92 Å². The van der Waals surface area contributed by atoms with Crippen molar-refractivity contribution < 1.29 is 14.7 Å². The average molecular weight is 228 g/mol. The van der Waals surface area contributed by atoms with Crippen molar-refractivity contribution in [1.29, 1.82) is 0 Å². The van der Waals surface area contributed by atoms with Gasteiger partial charge >= 0.3 is 12.0 Å². The van der Waals surface area contributed by atoms with Crippen molar-refractivity contribution in [2.45, 2.75) is 39.2 Å². The van der Waals surface area contributed by atoms with E-state index in [1.165, 1.54) is 4.90 Å². The van der Waals surface area contributed by atoms with Gasteiger partial charge in [-0.25, -0.2) is 4.79 Å². The first-order valence-corrected chi connectivity index (χ1v) is 5.81. The molecule has 92 valence electrons. The number of aliphatic carboxylic acids is 1. The van der Waals surface area contributed by atoms with Crippen LogP contribution in [0.15, 0.2) is 0 Å². The first-order chi connectivity index (χ1) is 7.54. The van der Waals surface area contributed by atoms with Gasteiger partial charge in [-0.15, -0.1) is 0 Å². The molecular weight excluding hydrogens is 208 g/mol. The van der Waals surface area contributed by atoms with Crippen LogP contribution in [0.2, 0.25) is 0 Å². The van der Waals surface area contributed by atoms with E-state index in [0.29, 0.717) is 12.5 Å². The number of amides is 2. The second kappa shape index (κ2) is 5.72. The molecule has 0 aliphatic heterocycles. The van der Waals surface area contributed by atoms with Crippen LogP contribution >= 0.6 is 0 Å². The van der Waals surface area contributed by atoms with Crippen molar-refractivity contribution in [2.24, 2.45) is 5.92 Å². The molecule has 0 heterocycles. The van der Waals surface area contributed by atoms with Crippen LogP contribution < -0.4 is 5.32 Å². The van der Waals surface area contributed by atoms with Crippen LogP contribution in [0.5, 0.6) is 0 Å². The molecule has 16 heavy (non-hydrogen) atoms. The molecular formula is C11H20N2O3. The van der Waals surface area contributed by atoms with Gasteiger partial charge in [-0.3, -0.25) is 4.79 Å². The molecule has 0 spiro atoms. The molecule has 0 aromatic carbocycles. The number of nitrogens with zero attached hydrogens (tertiary/aromatic N) is 1. The lowest BCUT2D eigenvalue weighted by molar-refractivity contribution is -0.137. The zero-order chi connectivity index (χ0) is 12.1. The Hall–Kier alpha value is -1.26. The number of carboxylic acids is 1. The van der Waals surface area contributed by atoms with Crippen molar-refractivity contribution in [3.63, 3.8) is 0 Å². The number of hydrogen-bond acceptors (Lipinski definition) is 2. The minimum Gasteiger partial charge on any atom is -0.480 e. The molecule has 0 aromatic rings. The highest BCUT2D eigenvalue weighted by molar-refractivity contribution is 5.80. The number of carboxylic acid groups (broad SMARTS) is 1. The van der Waals surface area contributed by atoms with Gasteiger partial charge in [0.1, 0.15) is 6.54 Å². The molecule has 5 nitrogen and oxygen atoms in total. The summed E-state index contributed by atoms with van der Waals surface area (Å²) in [5, 5.41) is 11.5. The Morgan fingerprint density at radius 2 is 2.12 bits per heavy atom. The number of carbonyl (C=O) groups is 2. The number of carbonyl (C=O) groups excluding carboxylic acids is 1. The number of hydrogen-bond donors (Lipinski definition) is 2. The quantitative estimate of drug-likeness (QED) is 0.719. The molecule has 0 saturated heterocycles. The predicted molar refractivity (Wildman–Crippen MR) is 60.2 cm³/mol. The van der Waals surface area contributed by atoms with E-state index in [2.05, 4.69) is 5.32 Å². The molecule has 0 aromatic heterocycles. The van der Waals surface area contributed by atoms with E-state index >= 15 is 0 Å². The number of rotatable bonds is 6. The van der Waals surface area contributed by atoms with E-state index in [4.69, 9.17) is 5.11 Å². The molecule has 2 amide bonds. The Morgan fingerprint density at radius 3 is 2.56 bits per heavy atom. The SMILES string of the molecule is CCCN(CC(=O)O)C(=O)NC(C)C1CC1. The van der Waals surface area contributed by atoms with Gasteiger partial charge in [0.2, 0.25) is 0 Å². The largest absolute Gasteiger partial charge is 0.480 e. The van der Waals surface area contributed by atoms with E-state index in [-0.39, 0.29) is 18.6 Å². The van der Waals surface area contributed by atoms with Crippen molar-refractivity contribution in [3.05, 3.63) is 0 Å². The topological polar surface area (TPSA) is 69.6 Å². The molecule has 0 radical (unpaired) electrons. The van der Waals surface area contributed by atoms with Crippen LogP contribution in [-0.2, 0) is 4.79 Å². The average Bonchev–Trinajstić information content (AvgIpc) is 2.99. The van der Waals surface area contributed by atoms with E-state index < -0.39 is 5.97 Å². The Bertz CT molecular complexity index is 264. The van der Waals surface area contributed by atoms with Crippen molar-refractivity contribution in [1.82, 2.24) is 10.2 Å². The van der Waals surface area contributed by atoms with Crippen molar-refractivity contribution in [2.75, 3.05) is 13.1 Å². The van der Waals surface area contributed by atoms with Gasteiger partial charge in [0, 0.05) is 12.6 Å². The van der Waals surface area contributed by atoms with Gasteiger partial charge in [-0.2, -0.15) is 0 Å². The molecule has 1 aliphatic rings. The molecule has 0 bridgehead atoms. The maximum atomic E-state index is 11.8. The Labute approximate surface area is 95.8 Å². The van der Waals surface area contributed by atoms with Crippen LogP contribution in [0, 0.1) is 5.92 Å². The molecule has 1 rings (SSSR count). The van der Waals surface area contributed by atoms with E-state index in [9.17, 15) is 9.59 Å². The van der Waals surface area contributed by atoms with Crippen molar-refractivity contribution in [3.8, 4) is 0 Å². The summed E-state index contributed by atoms with van der Waals surface area (Å²) in [5.41, 5.74) is 0. The Morgan fingerprint density at radius 1 is 1.50 bits per heavy atom. The van der Waals surface area contributed by atoms with Crippen LogP contribution in [0.25, 0.3) is 0 Å². The number of urea groups is 1. The second-order valence-corrected chi connectivity index (χ2v) is 4.39. The lowest BCUT2D eigenvalue weighted by Crippen LogP contribution is -2.46. The van der Waals surface area contributed by atoms with Gasteiger partial charge < -0.3 is 15.3 Å². The fraction of sp³-hybridized carbons (Fsp3) is 0.818. The fourth-order valence-electron chi connectivity index (χ4n) is 1.69. The van der Waals surface area contributed by atoms with Crippen molar-refractivity contribution >= 4 is 12.0 Å². The summed E-state index contributed by atoms with van der Waals surface area (Å²) in [7, 11) is 0. The normalized spacial score (nSPS) is 16.6. The summed E-state index contributed by atoms with van der Waals surface area (Å²) in [6, 6.07) is -0.107. The number of nitrogens with one attached hydrogen (secondary N) is 1. The van der Waals surface area contributed by atoms with Crippen LogP contribution in [0.3, 0.4) is 0 Å². The molecule has 1 atom stereocenters. The molecule has 1 saturated carbocycles. The predicted octanol–water partition coefficient (Wildman–Crippen LogP) is 1.29. The molecule has 1 fully saturated rings. The summed E-state index contributed by atoms with van der Waals surface area (Å²) in [5.74, 6) is -0.389. The van der Waals surface area contributed by atoms with Gasteiger partial charge in [0.25, 0.3) is 0 Å². The third kappa shape index (κ3) is 4.08. The zero-order valence-electron chi connectivity index (χ0n) is 9.90. The van der Waals surface area contributed by atoms with Gasteiger partial charge in [0.05, 0.1) is 0 Å². The molecule has 1 unspecified atom stereocenters. The van der Waals surface area contributed by atoms with Gasteiger partial charge in [0.15, 0.2) is 0 Å². The molecule has 5 heteroatoms. The summed E-state index contributed by atoms with van der Waals surface area (Å²) in [6.45, 7) is 4.15. The summed E-state index contributed by atoms with van der Waals surface area (Å²) in [4.78, 5) is 23.7. The third-order valence-electron chi connectivity index (χ3n) is 2.79. The minimum atomic E-state index is -0.970. The smallest absolute Gasteiger partial charge is 0.323 e. The summed E-state index contributed by atoms with van der Waals surface area (Å²) >= 11 is 0. The third-order valence-corrected chi connectivity index (χ3v) is 2.79. The van der Waals surface area contributed by atoms with E-state index in [0.717, 1.165) is 19.3 Å². The van der Waals surface area contributed by atoms with E-state index in [1.54, 1.807) is 0 Å². The standard InChI is InChI=1S/C11H20N2O3/c1-3-6-13(7-10(14)15)11(16)12-8(2)9-4-5-9/h8-9H,3-7H2,1-2H3,(H,12,16)(H,14,15). The lowest BCUT2D eigenvalue weighted by atomic mass is 10.2. The first kappa shape index (κ1) is 12.8. The van der Waals surface area contributed by atoms with E-state index in [1.807, 2.05) is 13.8 Å². The van der Waals surface area contributed by atoms with Crippen LogP contribution in [-0.4, -0.2) is 41.1 Å². The minimum absolute atomic E-state index is 0.153. The van der Waals surface area contributed by atoms with Crippen LogP contribution in [0.1, 0.15) is 33.1 Å². The second-order valence-electron chi connectivity index (χ2n) is 4.39. The Kier molecular flexibility index (Phi) is 4.58. The molecule has 1 aliphatic carbocycles. The maximum absolute atomic E-state index is 11.8. The highest BCUT2D eigenvalue weighted by Crippen LogP contribution is 2.32. The van der Waals surface area contributed by atoms with Crippen LogP contribution in [0.4, 0.5) is 4.79 Å². The van der Waals surface area contributed by atoms with Gasteiger partial charge in [-0.05, 0) is 32.1 Å².